The Balaban J connectivity index is 1.38. The summed E-state index contributed by atoms with van der Waals surface area (Å²) in [6, 6.07) is 10.2. The molecule has 0 radical (unpaired) electrons. The highest BCUT2D eigenvalue weighted by atomic mass is 32.1. The van der Waals surface area contributed by atoms with Gasteiger partial charge in [0.05, 0.1) is 0 Å². The van der Waals surface area contributed by atoms with E-state index < -0.39 is 5.97 Å². The molecule has 0 spiro atoms. The predicted molar refractivity (Wildman–Crippen MR) is 120 cm³/mol. The quantitative estimate of drug-likeness (QED) is 0.362. The smallest absolute Gasteiger partial charge is 0.348 e. The maximum absolute atomic E-state index is 13.1. The molecule has 1 aliphatic rings. The molecule has 2 aromatic heterocycles. The van der Waals surface area contributed by atoms with Crippen molar-refractivity contribution in [2.75, 3.05) is 6.61 Å². The minimum atomic E-state index is -0.419. The molecular formula is C25H26FNO3S. The number of ether oxygens (including phenoxy) is 1. The summed E-state index contributed by atoms with van der Waals surface area (Å²) in [6.07, 6.45) is 5.10. The zero-order valence-corrected chi connectivity index (χ0v) is 18.7. The zero-order chi connectivity index (χ0) is 22.0. The molecule has 0 fully saturated rings. The van der Waals surface area contributed by atoms with Crippen LogP contribution in [0.2, 0.25) is 0 Å². The van der Waals surface area contributed by atoms with Gasteiger partial charge in [0.1, 0.15) is 10.7 Å². The van der Waals surface area contributed by atoms with Crippen LogP contribution in [0.4, 0.5) is 4.39 Å². The lowest BCUT2D eigenvalue weighted by Gasteiger charge is -2.10. The Hall–Kier alpha value is -2.73. The van der Waals surface area contributed by atoms with Crippen molar-refractivity contribution in [2.24, 2.45) is 0 Å². The van der Waals surface area contributed by atoms with Gasteiger partial charge >= 0.3 is 5.97 Å². The SMILES string of the molecule is Cc1cc(C(=O)COC(=O)c2cc3c(s2)CCCC3)c(C)n1CCc1ccc(F)cc1. The standard InChI is InChI=1S/C25H26FNO3S/c1-16-13-21(17(2)27(16)12-11-18-7-9-20(26)10-8-18)22(28)15-30-25(29)24-14-19-5-3-4-6-23(19)31-24/h7-10,13-14H,3-6,11-12,15H2,1-2H3. The number of carbonyl (C=O) groups is 2. The summed E-state index contributed by atoms with van der Waals surface area (Å²) in [5.41, 5.74) is 4.69. The van der Waals surface area contributed by atoms with Gasteiger partial charge in [0.25, 0.3) is 0 Å². The number of fused-ring (bicyclic) bond motifs is 1. The van der Waals surface area contributed by atoms with Crippen LogP contribution >= 0.6 is 11.3 Å². The van der Waals surface area contributed by atoms with E-state index in [2.05, 4.69) is 4.57 Å². The van der Waals surface area contributed by atoms with Crippen molar-refractivity contribution in [1.82, 2.24) is 4.57 Å². The van der Waals surface area contributed by atoms with E-state index in [1.165, 1.54) is 33.9 Å². The summed E-state index contributed by atoms with van der Waals surface area (Å²) in [7, 11) is 0. The van der Waals surface area contributed by atoms with E-state index in [9.17, 15) is 14.0 Å². The highest BCUT2D eigenvalue weighted by Crippen LogP contribution is 2.30. The predicted octanol–water partition coefficient (Wildman–Crippen LogP) is 5.47. The second kappa shape index (κ2) is 9.18. The minimum absolute atomic E-state index is 0.198. The highest BCUT2D eigenvalue weighted by Gasteiger charge is 2.21. The molecule has 3 aromatic rings. The molecule has 0 aliphatic heterocycles. The van der Waals surface area contributed by atoms with Crippen LogP contribution in [-0.2, 0) is 30.5 Å². The first-order valence-corrected chi connectivity index (χ1v) is 11.5. The highest BCUT2D eigenvalue weighted by molar-refractivity contribution is 7.14. The summed E-state index contributed by atoms with van der Waals surface area (Å²) in [4.78, 5) is 27.0. The summed E-state index contributed by atoms with van der Waals surface area (Å²) >= 11 is 1.49. The molecule has 0 saturated carbocycles. The van der Waals surface area contributed by atoms with E-state index in [1.54, 1.807) is 12.1 Å². The molecule has 2 heterocycles. The summed E-state index contributed by atoms with van der Waals surface area (Å²) in [6.45, 7) is 4.29. The fourth-order valence-corrected chi connectivity index (χ4v) is 5.34. The lowest BCUT2D eigenvalue weighted by Crippen LogP contribution is -2.14. The number of aryl methyl sites for hydroxylation is 4. The van der Waals surface area contributed by atoms with Crippen LogP contribution in [0.15, 0.2) is 36.4 Å². The zero-order valence-electron chi connectivity index (χ0n) is 17.9. The monoisotopic (exact) mass is 439 g/mol. The van der Waals surface area contributed by atoms with Crippen LogP contribution in [0.3, 0.4) is 0 Å². The van der Waals surface area contributed by atoms with Crippen LogP contribution in [0.25, 0.3) is 0 Å². The third-order valence-electron chi connectivity index (χ3n) is 5.94. The Morgan fingerprint density at radius 3 is 2.58 bits per heavy atom. The lowest BCUT2D eigenvalue weighted by atomic mass is 9.99. The number of thiophene rings is 1. The maximum atomic E-state index is 13.1. The van der Waals surface area contributed by atoms with Crippen molar-refractivity contribution < 1.29 is 18.7 Å². The minimum Gasteiger partial charge on any atom is -0.453 e. The number of rotatable bonds is 7. The molecule has 0 atom stereocenters. The number of nitrogens with zero attached hydrogens (tertiary/aromatic N) is 1. The van der Waals surface area contributed by atoms with Crippen molar-refractivity contribution in [3.8, 4) is 0 Å². The van der Waals surface area contributed by atoms with Gasteiger partial charge in [-0.2, -0.15) is 0 Å². The Bertz CT molecular complexity index is 1090. The van der Waals surface area contributed by atoms with E-state index in [0.717, 1.165) is 49.1 Å². The summed E-state index contributed by atoms with van der Waals surface area (Å²) in [5.74, 6) is -0.865. The van der Waals surface area contributed by atoms with Gasteiger partial charge in [-0.1, -0.05) is 12.1 Å². The van der Waals surface area contributed by atoms with Crippen molar-refractivity contribution in [3.05, 3.63) is 80.0 Å². The second-order valence-electron chi connectivity index (χ2n) is 8.08. The second-order valence-corrected chi connectivity index (χ2v) is 9.22. The Kier molecular flexibility index (Phi) is 6.37. The van der Waals surface area contributed by atoms with Crippen LogP contribution in [0, 0.1) is 19.7 Å². The third kappa shape index (κ3) is 4.79. The van der Waals surface area contributed by atoms with Crippen LogP contribution < -0.4 is 0 Å². The normalized spacial score (nSPS) is 13.1. The number of carbonyl (C=O) groups excluding carboxylic acids is 2. The molecule has 31 heavy (non-hydrogen) atoms. The number of hydrogen-bond acceptors (Lipinski definition) is 4. The van der Waals surface area contributed by atoms with Gasteiger partial charge in [0.2, 0.25) is 5.78 Å². The molecule has 4 nitrogen and oxygen atoms in total. The molecule has 1 aliphatic carbocycles. The Labute approximate surface area is 185 Å². The van der Waals surface area contributed by atoms with Gasteiger partial charge < -0.3 is 9.30 Å². The van der Waals surface area contributed by atoms with Gasteiger partial charge in [0.15, 0.2) is 6.61 Å². The molecule has 0 unspecified atom stereocenters. The average molecular weight is 440 g/mol. The van der Waals surface area contributed by atoms with Gasteiger partial charge in [-0.15, -0.1) is 11.3 Å². The molecule has 4 rings (SSSR count). The van der Waals surface area contributed by atoms with Crippen molar-refractivity contribution in [3.63, 3.8) is 0 Å². The summed E-state index contributed by atoms with van der Waals surface area (Å²) in [5, 5.41) is 0. The number of esters is 1. The Morgan fingerprint density at radius 1 is 1.10 bits per heavy atom. The maximum Gasteiger partial charge on any atom is 0.348 e. The van der Waals surface area contributed by atoms with Gasteiger partial charge in [-0.3, -0.25) is 4.79 Å². The van der Waals surface area contributed by atoms with Crippen molar-refractivity contribution in [2.45, 2.75) is 52.5 Å². The van der Waals surface area contributed by atoms with Crippen LogP contribution in [-0.4, -0.2) is 22.9 Å². The Morgan fingerprint density at radius 2 is 1.84 bits per heavy atom. The van der Waals surface area contributed by atoms with E-state index in [4.69, 9.17) is 4.74 Å². The van der Waals surface area contributed by atoms with Crippen LogP contribution in [0.1, 0.15) is 60.3 Å². The number of ketones is 1. The van der Waals surface area contributed by atoms with Crippen molar-refractivity contribution >= 4 is 23.1 Å². The van der Waals surface area contributed by atoms with E-state index in [-0.39, 0.29) is 18.2 Å². The van der Waals surface area contributed by atoms with Gasteiger partial charge in [0, 0.05) is 28.4 Å². The fraction of sp³-hybridized carbons (Fsp3) is 0.360. The molecule has 0 amide bonds. The number of Topliss-reactive ketones (excluding diaryl/α,β-unsaturated/α-hetero) is 1. The third-order valence-corrected chi connectivity index (χ3v) is 7.16. The average Bonchev–Trinajstić information content (AvgIpc) is 3.32. The molecule has 6 heteroatoms. The first kappa shape index (κ1) is 21.5. The first-order chi connectivity index (χ1) is 14.9. The van der Waals surface area contributed by atoms with Crippen LogP contribution in [0.5, 0.6) is 0 Å². The largest absolute Gasteiger partial charge is 0.453 e. The molecule has 162 valence electrons. The molecule has 0 saturated heterocycles. The van der Waals surface area contributed by atoms with Crippen molar-refractivity contribution in [1.29, 1.82) is 0 Å². The molecular weight excluding hydrogens is 413 g/mol. The molecule has 0 bridgehead atoms. The number of benzene rings is 1. The number of aromatic nitrogens is 1. The topological polar surface area (TPSA) is 48.3 Å². The van der Waals surface area contributed by atoms with E-state index in [0.29, 0.717) is 17.0 Å². The number of hydrogen-bond donors (Lipinski definition) is 0. The summed E-state index contributed by atoms with van der Waals surface area (Å²) < 4.78 is 20.5. The number of halogens is 1. The lowest BCUT2D eigenvalue weighted by molar-refractivity contribution is 0.0479. The first-order valence-electron chi connectivity index (χ1n) is 10.7. The van der Waals surface area contributed by atoms with Gasteiger partial charge in [-0.05, 0) is 81.3 Å². The molecule has 1 aromatic carbocycles. The fourth-order valence-electron chi connectivity index (χ4n) is 4.19. The molecule has 0 N–H and O–H groups in total. The van der Waals surface area contributed by atoms with Gasteiger partial charge in [-0.25, -0.2) is 9.18 Å². The van der Waals surface area contributed by atoms with E-state index >= 15 is 0 Å². The van der Waals surface area contributed by atoms with E-state index in [1.807, 2.05) is 26.0 Å².